The molecule has 0 spiro atoms. The largest absolute Gasteiger partial charge is 0.0843 e. The molecule has 1 fully saturated rings. The van der Waals surface area contributed by atoms with Crippen LogP contribution in [-0.2, 0) is 0 Å². The van der Waals surface area contributed by atoms with Crippen molar-refractivity contribution in [2.24, 2.45) is 5.92 Å². The molecule has 0 heterocycles. The highest BCUT2D eigenvalue weighted by molar-refractivity contribution is 6.30. The molecule has 0 aliphatic heterocycles. The minimum atomic E-state index is 0.749. The summed E-state index contributed by atoms with van der Waals surface area (Å²) in [5, 5.41) is 0.872. The summed E-state index contributed by atoms with van der Waals surface area (Å²) >= 11 is 5.97. The van der Waals surface area contributed by atoms with Gasteiger partial charge in [-0.25, -0.2) is 0 Å². The molecule has 0 bridgehead atoms. The third-order valence-corrected chi connectivity index (χ3v) is 3.14. The Morgan fingerprint density at radius 2 is 2.23 bits per heavy atom. The Labute approximate surface area is 84.9 Å². The molecule has 1 heteroatoms. The second-order valence-electron chi connectivity index (χ2n) is 3.91. The average Bonchev–Trinajstić information content (AvgIpc) is 2.90. The fourth-order valence-corrected chi connectivity index (χ4v) is 2.28. The van der Waals surface area contributed by atoms with Crippen molar-refractivity contribution in [3.05, 3.63) is 34.9 Å². The molecule has 0 radical (unpaired) electrons. The molecule has 1 unspecified atom stereocenters. The van der Waals surface area contributed by atoms with E-state index in [2.05, 4.69) is 25.1 Å². The summed E-state index contributed by atoms with van der Waals surface area (Å²) in [6.07, 6.45) is 4.06. The Kier molecular flexibility index (Phi) is 2.59. The number of hydrogen-bond donors (Lipinski definition) is 0. The normalized spacial score (nSPS) is 18.6. The van der Waals surface area contributed by atoms with Gasteiger partial charge in [0.2, 0.25) is 0 Å². The van der Waals surface area contributed by atoms with Crippen molar-refractivity contribution in [3.63, 3.8) is 0 Å². The molecule has 1 aliphatic rings. The van der Waals surface area contributed by atoms with Gasteiger partial charge in [0.05, 0.1) is 0 Å². The van der Waals surface area contributed by atoms with Gasteiger partial charge in [0.1, 0.15) is 0 Å². The smallest absolute Gasteiger partial charge is 0.0408 e. The van der Waals surface area contributed by atoms with Crippen LogP contribution in [0.2, 0.25) is 5.02 Å². The zero-order valence-corrected chi connectivity index (χ0v) is 8.72. The van der Waals surface area contributed by atoms with Crippen molar-refractivity contribution in [3.8, 4) is 0 Å². The van der Waals surface area contributed by atoms with Crippen molar-refractivity contribution >= 4 is 11.6 Å². The van der Waals surface area contributed by atoms with Crippen LogP contribution < -0.4 is 0 Å². The van der Waals surface area contributed by atoms with Crippen molar-refractivity contribution < 1.29 is 0 Å². The summed E-state index contributed by atoms with van der Waals surface area (Å²) in [6.45, 7) is 2.27. The third kappa shape index (κ3) is 2.05. The van der Waals surface area contributed by atoms with Crippen LogP contribution in [0.4, 0.5) is 0 Å². The van der Waals surface area contributed by atoms with E-state index in [1.54, 1.807) is 0 Å². The minimum Gasteiger partial charge on any atom is -0.0843 e. The Hall–Kier alpha value is -0.490. The number of halogens is 1. The predicted molar refractivity (Wildman–Crippen MR) is 57.2 cm³/mol. The van der Waals surface area contributed by atoms with E-state index in [1.807, 2.05) is 6.07 Å². The van der Waals surface area contributed by atoms with E-state index in [4.69, 9.17) is 11.6 Å². The summed E-state index contributed by atoms with van der Waals surface area (Å²) in [5.74, 6) is 1.68. The second-order valence-corrected chi connectivity index (χ2v) is 4.34. The molecular formula is C12H15Cl. The van der Waals surface area contributed by atoms with E-state index < -0.39 is 0 Å². The third-order valence-electron chi connectivity index (χ3n) is 2.91. The topological polar surface area (TPSA) is 0 Å². The first-order valence-electron chi connectivity index (χ1n) is 5.06. The van der Waals surface area contributed by atoms with Gasteiger partial charge in [-0.05, 0) is 48.8 Å². The van der Waals surface area contributed by atoms with Gasteiger partial charge >= 0.3 is 0 Å². The molecule has 70 valence electrons. The minimum absolute atomic E-state index is 0.749. The fraction of sp³-hybridized carbons (Fsp3) is 0.500. The first-order chi connectivity index (χ1) is 6.31. The Balaban J connectivity index is 2.21. The van der Waals surface area contributed by atoms with Crippen molar-refractivity contribution in [1.29, 1.82) is 0 Å². The van der Waals surface area contributed by atoms with Gasteiger partial charge in [0.25, 0.3) is 0 Å². The van der Waals surface area contributed by atoms with E-state index in [0.29, 0.717) is 0 Å². The maximum Gasteiger partial charge on any atom is 0.0408 e. The van der Waals surface area contributed by atoms with Crippen LogP contribution in [0.25, 0.3) is 0 Å². The summed E-state index contributed by atoms with van der Waals surface area (Å²) in [6, 6.07) is 8.33. The highest BCUT2D eigenvalue weighted by atomic mass is 35.5. The number of hydrogen-bond acceptors (Lipinski definition) is 0. The van der Waals surface area contributed by atoms with Gasteiger partial charge in [0, 0.05) is 5.02 Å². The van der Waals surface area contributed by atoms with Crippen molar-refractivity contribution in [1.82, 2.24) is 0 Å². The predicted octanol–water partition coefficient (Wildman–Crippen LogP) is 4.24. The van der Waals surface area contributed by atoms with Gasteiger partial charge in [-0.2, -0.15) is 0 Å². The molecular weight excluding hydrogens is 180 g/mol. The molecule has 13 heavy (non-hydrogen) atoms. The summed E-state index contributed by atoms with van der Waals surface area (Å²) in [4.78, 5) is 0. The first-order valence-corrected chi connectivity index (χ1v) is 5.44. The standard InChI is InChI=1S/C12H15Cl/c1-2-12(9-6-7-9)10-4-3-5-11(13)8-10/h3-5,8-9,12H,2,6-7H2,1H3. The van der Waals surface area contributed by atoms with Crippen LogP contribution in [0.3, 0.4) is 0 Å². The Morgan fingerprint density at radius 3 is 2.77 bits per heavy atom. The van der Waals surface area contributed by atoms with E-state index in [-0.39, 0.29) is 0 Å². The molecule has 1 aromatic rings. The van der Waals surface area contributed by atoms with Gasteiger partial charge in [-0.1, -0.05) is 30.7 Å². The zero-order chi connectivity index (χ0) is 9.26. The van der Waals surface area contributed by atoms with Gasteiger partial charge in [-0.3, -0.25) is 0 Å². The van der Waals surface area contributed by atoms with Crippen LogP contribution in [0.15, 0.2) is 24.3 Å². The average molecular weight is 195 g/mol. The maximum atomic E-state index is 5.97. The first kappa shape index (κ1) is 9.08. The molecule has 1 saturated carbocycles. The van der Waals surface area contributed by atoms with Crippen LogP contribution >= 0.6 is 11.6 Å². The van der Waals surface area contributed by atoms with E-state index in [0.717, 1.165) is 16.9 Å². The Morgan fingerprint density at radius 1 is 1.46 bits per heavy atom. The summed E-state index contributed by atoms with van der Waals surface area (Å²) < 4.78 is 0. The monoisotopic (exact) mass is 194 g/mol. The molecule has 1 aliphatic carbocycles. The molecule has 0 N–H and O–H groups in total. The van der Waals surface area contributed by atoms with Gasteiger partial charge in [-0.15, -0.1) is 0 Å². The lowest BCUT2D eigenvalue weighted by Gasteiger charge is -2.14. The Bertz CT molecular complexity index is 289. The molecule has 1 atom stereocenters. The maximum absolute atomic E-state index is 5.97. The lowest BCUT2D eigenvalue weighted by atomic mass is 9.92. The van der Waals surface area contributed by atoms with E-state index in [1.165, 1.54) is 24.8 Å². The highest BCUT2D eigenvalue weighted by Crippen LogP contribution is 2.44. The van der Waals surface area contributed by atoms with Crippen LogP contribution in [0.1, 0.15) is 37.7 Å². The second kappa shape index (κ2) is 3.71. The summed E-state index contributed by atoms with van der Waals surface area (Å²) in [5.41, 5.74) is 1.43. The van der Waals surface area contributed by atoms with Crippen LogP contribution in [-0.4, -0.2) is 0 Å². The van der Waals surface area contributed by atoms with Gasteiger partial charge in [0.15, 0.2) is 0 Å². The lowest BCUT2D eigenvalue weighted by Crippen LogP contribution is -1.98. The van der Waals surface area contributed by atoms with Crippen LogP contribution in [0, 0.1) is 5.92 Å². The molecule has 0 aromatic heterocycles. The van der Waals surface area contributed by atoms with E-state index >= 15 is 0 Å². The fourth-order valence-electron chi connectivity index (χ4n) is 2.08. The quantitative estimate of drug-likeness (QED) is 0.675. The van der Waals surface area contributed by atoms with Crippen molar-refractivity contribution in [2.45, 2.75) is 32.1 Å². The zero-order valence-electron chi connectivity index (χ0n) is 7.96. The lowest BCUT2D eigenvalue weighted by molar-refractivity contribution is 0.587. The molecule has 0 saturated heterocycles. The SMILES string of the molecule is CCC(c1cccc(Cl)c1)C1CC1. The number of benzene rings is 1. The van der Waals surface area contributed by atoms with Gasteiger partial charge < -0.3 is 0 Å². The molecule has 0 amide bonds. The summed E-state index contributed by atoms with van der Waals surface area (Å²) in [7, 11) is 0. The molecule has 0 nitrogen and oxygen atoms in total. The number of rotatable bonds is 3. The molecule has 2 rings (SSSR count). The highest BCUT2D eigenvalue weighted by Gasteiger charge is 2.30. The van der Waals surface area contributed by atoms with Crippen molar-refractivity contribution in [2.75, 3.05) is 0 Å². The molecule has 1 aromatic carbocycles. The van der Waals surface area contributed by atoms with Crippen LogP contribution in [0.5, 0.6) is 0 Å². The van der Waals surface area contributed by atoms with E-state index in [9.17, 15) is 0 Å².